The minimum absolute atomic E-state index is 0.886. The summed E-state index contributed by atoms with van der Waals surface area (Å²) in [6.45, 7) is 7.07. The van der Waals surface area contributed by atoms with Crippen molar-refractivity contribution in [1.82, 2.24) is 0 Å². The van der Waals surface area contributed by atoms with Crippen LogP contribution in [0.2, 0.25) is 0 Å². The number of piperazine rings is 1. The molecule has 0 spiro atoms. The molecule has 3 aromatic rings. The lowest BCUT2D eigenvalue weighted by Crippen LogP contribution is -3.27. The Bertz CT molecular complexity index is 831. The number of para-hydroxylation sites is 1. The summed E-state index contributed by atoms with van der Waals surface area (Å²) in [5, 5.41) is 0. The van der Waals surface area contributed by atoms with Crippen molar-refractivity contribution < 1.29 is 19.5 Å². The molecule has 0 amide bonds. The molecule has 0 unspecified atom stereocenters. The molecule has 1 saturated heterocycles. The summed E-state index contributed by atoms with van der Waals surface area (Å²) in [4.78, 5) is 6.53. The van der Waals surface area contributed by atoms with Crippen LogP contribution in [0, 0.1) is 0 Å². The standard InChI is InChI=1S/C23H25N3O/c1-2-8-22(9-3-1)27-23-10-4-6-20(16-23)18-25-12-14-26(15-13-25)19-21-7-5-11-24-17-21/h1-11,16-17H,12-15,18-19H2/p+3. The van der Waals surface area contributed by atoms with Crippen LogP contribution in [-0.2, 0) is 13.1 Å². The first kappa shape index (κ1) is 17.7. The van der Waals surface area contributed by atoms with Gasteiger partial charge in [0.2, 0.25) is 0 Å². The molecule has 4 heteroatoms. The third kappa shape index (κ3) is 5.16. The van der Waals surface area contributed by atoms with E-state index in [-0.39, 0.29) is 0 Å². The third-order valence-corrected chi connectivity index (χ3v) is 5.22. The van der Waals surface area contributed by atoms with Gasteiger partial charge in [-0.05, 0) is 30.3 Å². The second kappa shape index (κ2) is 8.80. The fourth-order valence-electron chi connectivity index (χ4n) is 3.77. The number of aromatic amines is 1. The normalized spacial score (nSPS) is 19.6. The van der Waals surface area contributed by atoms with Gasteiger partial charge in [0, 0.05) is 11.6 Å². The van der Waals surface area contributed by atoms with Gasteiger partial charge in [0.05, 0.1) is 5.56 Å². The van der Waals surface area contributed by atoms with Gasteiger partial charge in [0.1, 0.15) is 50.8 Å². The Hall–Kier alpha value is -2.69. The van der Waals surface area contributed by atoms with Crippen LogP contribution in [0.4, 0.5) is 0 Å². The largest absolute Gasteiger partial charge is 0.457 e. The molecule has 1 aliphatic rings. The highest BCUT2D eigenvalue weighted by Crippen LogP contribution is 2.21. The van der Waals surface area contributed by atoms with Gasteiger partial charge in [-0.3, -0.25) is 0 Å². The van der Waals surface area contributed by atoms with Gasteiger partial charge in [0.15, 0.2) is 12.4 Å². The van der Waals surface area contributed by atoms with Gasteiger partial charge >= 0.3 is 0 Å². The molecule has 0 bridgehead atoms. The zero-order valence-corrected chi connectivity index (χ0v) is 15.7. The van der Waals surface area contributed by atoms with Gasteiger partial charge in [-0.2, -0.15) is 0 Å². The fraction of sp³-hybridized carbons (Fsp3) is 0.261. The molecule has 1 aliphatic heterocycles. The number of aromatic nitrogens is 1. The Labute approximate surface area is 161 Å². The van der Waals surface area contributed by atoms with Crippen LogP contribution in [0.3, 0.4) is 0 Å². The molecule has 0 saturated carbocycles. The van der Waals surface area contributed by atoms with Crippen molar-refractivity contribution in [2.45, 2.75) is 13.1 Å². The monoisotopic (exact) mass is 362 g/mol. The van der Waals surface area contributed by atoms with E-state index in [0.717, 1.165) is 24.6 Å². The quantitative estimate of drug-likeness (QED) is 0.667. The van der Waals surface area contributed by atoms with E-state index in [1.54, 1.807) is 9.80 Å². The van der Waals surface area contributed by atoms with Crippen molar-refractivity contribution in [2.75, 3.05) is 26.2 Å². The lowest BCUT2D eigenvalue weighted by molar-refractivity contribution is -1.02. The molecular formula is C23H28N3O+3. The van der Waals surface area contributed by atoms with Crippen molar-refractivity contribution in [1.29, 1.82) is 0 Å². The van der Waals surface area contributed by atoms with E-state index < -0.39 is 0 Å². The van der Waals surface area contributed by atoms with Crippen LogP contribution in [0.5, 0.6) is 11.5 Å². The lowest BCUT2D eigenvalue weighted by Gasteiger charge is -2.29. The predicted molar refractivity (Wildman–Crippen MR) is 105 cm³/mol. The molecule has 0 atom stereocenters. The highest BCUT2D eigenvalue weighted by Gasteiger charge is 2.23. The van der Waals surface area contributed by atoms with E-state index in [1.165, 1.54) is 37.3 Å². The molecule has 2 heterocycles. The minimum atomic E-state index is 0.886. The smallest absolute Gasteiger partial charge is 0.175 e. The SMILES string of the molecule is c1ccc(Oc2cccc(C[NH+]3CC[NH+](Cc4ccc[nH+]c4)CC3)c2)cc1. The highest BCUT2D eigenvalue weighted by atomic mass is 16.5. The number of pyridine rings is 1. The minimum Gasteiger partial charge on any atom is -0.457 e. The summed E-state index contributed by atoms with van der Waals surface area (Å²) in [7, 11) is 0. The summed E-state index contributed by atoms with van der Waals surface area (Å²) in [5.74, 6) is 1.81. The van der Waals surface area contributed by atoms with Crippen LogP contribution < -0.4 is 19.5 Å². The van der Waals surface area contributed by atoms with Gasteiger partial charge in [0.25, 0.3) is 0 Å². The average Bonchev–Trinajstić information content (AvgIpc) is 2.71. The number of H-pyrrole nitrogens is 1. The van der Waals surface area contributed by atoms with Crippen molar-refractivity contribution in [3.63, 3.8) is 0 Å². The molecule has 1 fully saturated rings. The maximum Gasteiger partial charge on any atom is 0.175 e. The number of rotatable bonds is 6. The molecule has 4 rings (SSSR count). The molecule has 27 heavy (non-hydrogen) atoms. The summed E-state index contributed by atoms with van der Waals surface area (Å²) in [5.41, 5.74) is 2.74. The van der Waals surface area contributed by atoms with E-state index in [2.05, 4.69) is 41.5 Å². The topological polar surface area (TPSA) is 32.2 Å². The summed E-state index contributed by atoms with van der Waals surface area (Å²) in [6, 6.07) is 22.8. The molecule has 138 valence electrons. The molecule has 1 aromatic heterocycles. The Morgan fingerprint density at radius 2 is 1.37 bits per heavy atom. The predicted octanol–water partition coefficient (Wildman–Crippen LogP) is 0.777. The fourth-order valence-corrected chi connectivity index (χ4v) is 3.77. The number of hydrogen-bond donors (Lipinski definition) is 2. The molecule has 4 nitrogen and oxygen atoms in total. The van der Waals surface area contributed by atoms with Crippen LogP contribution in [0.25, 0.3) is 0 Å². The number of ether oxygens (including phenoxy) is 1. The number of quaternary nitrogens is 2. The van der Waals surface area contributed by atoms with E-state index in [1.807, 2.05) is 42.6 Å². The van der Waals surface area contributed by atoms with Crippen LogP contribution >= 0.6 is 0 Å². The van der Waals surface area contributed by atoms with Crippen molar-refractivity contribution >= 4 is 0 Å². The second-order valence-corrected chi connectivity index (χ2v) is 7.33. The van der Waals surface area contributed by atoms with Gasteiger partial charge < -0.3 is 14.5 Å². The molecule has 2 aromatic carbocycles. The van der Waals surface area contributed by atoms with E-state index in [9.17, 15) is 0 Å². The summed E-state index contributed by atoms with van der Waals surface area (Å²) < 4.78 is 5.98. The Morgan fingerprint density at radius 3 is 2.07 bits per heavy atom. The average molecular weight is 362 g/mol. The zero-order chi connectivity index (χ0) is 18.3. The van der Waals surface area contributed by atoms with E-state index in [4.69, 9.17) is 4.74 Å². The molecule has 0 radical (unpaired) electrons. The first-order chi connectivity index (χ1) is 13.3. The van der Waals surface area contributed by atoms with Gasteiger partial charge in [-0.15, -0.1) is 0 Å². The highest BCUT2D eigenvalue weighted by molar-refractivity contribution is 5.33. The first-order valence-corrected chi connectivity index (χ1v) is 9.79. The van der Waals surface area contributed by atoms with Crippen molar-refractivity contribution in [3.8, 4) is 11.5 Å². The van der Waals surface area contributed by atoms with Gasteiger partial charge in [-0.25, -0.2) is 4.98 Å². The first-order valence-electron chi connectivity index (χ1n) is 9.79. The number of hydrogen-bond acceptors (Lipinski definition) is 1. The Morgan fingerprint density at radius 1 is 0.704 bits per heavy atom. The molecule has 3 N–H and O–H groups in total. The van der Waals surface area contributed by atoms with Crippen molar-refractivity contribution in [3.05, 3.63) is 90.3 Å². The van der Waals surface area contributed by atoms with E-state index in [0.29, 0.717) is 0 Å². The third-order valence-electron chi connectivity index (χ3n) is 5.22. The number of nitrogens with one attached hydrogen (secondary N) is 3. The summed E-state index contributed by atoms with van der Waals surface area (Å²) >= 11 is 0. The lowest BCUT2D eigenvalue weighted by atomic mass is 10.1. The molecule has 0 aliphatic carbocycles. The second-order valence-electron chi connectivity index (χ2n) is 7.33. The van der Waals surface area contributed by atoms with E-state index >= 15 is 0 Å². The van der Waals surface area contributed by atoms with Crippen LogP contribution in [-0.4, -0.2) is 26.2 Å². The Kier molecular flexibility index (Phi) is 5.77. The van der Waals surface area contributed by atoms with Crippen molar-refractivity contribution in [2.24, 2.45) is 0 Å². The Balaban J connectivity index is 1.29. The summed E-state index contributed by atoms with van der Waals surface area (Å²) in [6.07, 6.45) is 4.08. The number of benzene rings is 2. The van der Waals surface area contributed by atoms with Crippen LogP contribution in [0.1, 0.15) is 11.1 Å². The van der Waals surface area contributed by atoms with Crippen LogP contribution in [0.15, 0.2) is 79.1 Å². The molecular weight excluding hydrogens is 334 g/mol. The van der Waals surface area contributed by atoms with Gasteiger partial charge in [-0.1, -0.05) is 30.3 Å². The zero-order valence-electron chi connectivity index (χ0n) is 15.7. The maximum absolute atomic E-state index is 5.98. The maximum atomic E-state index is 5.98.